The minimum Gasteiger partial charge on any atom is -0.493 e. The first-order valence-electron chi connectivity index (χ1n) is 8.98. The SMILES string of the molecule is CN=C(NCCc1ccc(OC)c(OC)c1OC)N(C)Cc1ccc(Cl)cc1. The lowest BCUT2D eigenvalue weighted by Crippen LogP contribution is -2.39. The molecule has 152 valence electrons. The molecule has 0 amide bonds. The zero-order valence-electron chi connectivity index (χ0n) is 17.1. The minimum absolute atomic E-state index is 0.603. The average Bonchev–Trinajstić information content (AvgIpc) is 2.71. The van der Waals surface area contributed by atoms with Crippen LogP contribution < -0.4 is 19.5 Å². The molecule has 0 aliphatic rings. The van der Waals surface area contributed by atoms with Crippen LogP contribution in [0.3, 0.4) is 0 Å². The molecule has 0 saturated heterocycles. The predicted molar refractivity (Wildman–Crippen MR) is 114 cm³/mol. The van der Waals surface area contributed by atoms with Gasteiger partial charge in [0.1, 0.15) is 0 Å². The van der Waals surface area contributed by atoms with E-state index in [-0.39, 0.29) is 0 Å². The average molecular weight is 406 g/mol. The van der Waals surface area contributed by atoms with Crippen LogP contribution in [0.2, 0.25) is 5.02 Å². The van der Waals surface area contributed by atoms with Gasteiger partial charge < -0.3 is 24.4 Å². The smallest absolute Gasteiger partial charge is 0.203 e. The summed E-state index contributed by atoms with van der Waals surface area (Å²) in [5.41, 5.74) is 2.19. The quantitative estimate of drug-likeness (QED) is 0.537. The number of halogens is 1. The second-order valence-corrected chi connectivity index (χ2v) is 6.64. The van der Waals surface area contributed by atoms with E-state index in [1.807, 2.05) is 43.4 Å². The molecule has 28 heavy (non-hydrogen) atoms. The zero-order chi connectivity index (χ0) is 20.5. The molecule has 0 aromatic heterocycles. The summed E-state index contributed by atoms with van der Waals surface area (Å²) in [6.07, 6.45) is 0.747. The molecular weight excluding hydrogens is 378 g/mol. The van der Waals surface area contributed by atoms with Gasteiger partial charge in [-0.1, -0.05) is 29.8 Å². The van der Waals surface area contributed by atoms with Crippen molar-refractivity contribution < 1.29 is 14.2 Å². The topological polar surface area (TPSA) is 55.3 Å². The van der Waals surface area contributed by atoms with Crippen molar-refractivity contribution in [3.05, 3.63) is 52.5 Å². The Morgan fingerprint density at radius 1 is 1.00 bits per heavy atom. The summed E-state index contributed by atoms with van der Waals surface area (Å²) in [5.74, 6) is 2.75. The highest BCUT2D eigenvalue weighted by Gasteiger charge is 2.16. The molecule has 0 bridgehead atoms. The molecule has 0 heterocycles. The van der Waals surface area contributed by atoms with Crippen molar-refractivity contribution in [2.24, 2.45) is 4.99 Å². The van der Waals surface area contributed by atoms with Crippen LogP contribution in [0.4, 0.5) is 0 Å². The number of nitrogens with one attached hydrogen (secondary N) is 1. The first kappa shape index (κ1) is 21.7. The van der Waals surface area contributed by atoms with E-state index in [2.05, 4.69) is 15.2 Å². The van der Waals surface area contributed by atoms with E-state index in [0.717, 1.165) is 35.1 Å². The van der Waals surface area contributed by atoms with Crippen molar-refractivity contribution in [2.45, 2.75) is 13.0 Å². The summed E-state index contributed by atoms with van der Waals surface area (Å²) in [4.78, 5) is 6.43. The van der Waals surface area contributed by atoms with Gasteiger partial charge in [-0.2, -0.15) is 0 Å². The normalized spacial score (nSPS) is 11.1. The molecule has 7 heteroatoms. The number of aliphatic imine (C=N–C) groups is 1. The van der Waals surface area contributed by atoms with Crippen molar-refractivity contribution in [2.75, 3.05) is 42.0 Å². The molecular formula is C21H28ClN3O3. The van der Waals surface area contributed by atoms with Crippen LogP contribution >= 0.6 is 11.6 Å². The van der Waals surface area contributed by atoms with E-state index < -0.39 is 0 Å². The Bertz CT molecular complexity index is 794. The van der Waals surface area contributed by atoms with Crippen LogP contribution in [0.1, 0.15) is 11.1 Å². The van der Waals surface area contributed by atoms with Crippen LogP contribution in [-0.2, 0) is 13.0 Å². The number of methoxy groups -OCH3 is 3. The first-order chi connectivity index (χ1) is 13.5. The van der Waals surface area contributed by atoms with Crippen molar-refractivity contribution in [1.82, 2.24) is 10.2 Å². The van der Waals surface area contributed by atoms with E-state index >= 15 is 0 Å². The van der Waals surface area contributed by atoms with Gasteiger partial charge in [0.15, 0.2) is 17.5 Å². The standard InChI is InChI=1S/C21H28ClN3O3/c1-23-21(25(2)14-15-6-9-17(22)10-7-15)24-13-12-16-8-11-18(26-3)20(28-5)19(16)27-4/h6-11H,12-14H2,1-5H3,(H,23,24). The summed E-state index contributed by atoms with van der Waals surface area (Å²) in [6, 6.07) is 11.7. The third-order valence-corrected chi connectivity index (χ3v) is 4.62. The summed E-state index contributed by atoms with van der Waals surface area (Å²) in [7, 11) is 8.63. The Balaban J connectivity index is 1.99. The first-order valence-corrected chi connectivity index (χ1v) is 9.35. The van der Waals surface area contributed by atoms with Crippen LogP contribution in [0, 0.1) is 0 Å². The molecule has 0 atom stereocenters. The van der Waals surface area contributed by atoms with E-state index in [4.69, 9.17) is 25.8 Å². The molecule has 6 nitrogen and oxygen atoms in total. The highest BCUT2D eigenvalue weighted by Crippen LogP contribution is 2.39. The molecule has 2 rings (SSSR count). The van der Waals surface area contributed by atoms with Crippen LogP contribution in [0.25, 0.3) is 0 Å². The minimum atomic E-state index is 0.603. The zero-order valence-corrected chi connectivity index (χ0v) is 17.8. The Labute approximate surface area is 172 Å². The lowest BCUT2D eigenvalue weighted by atomic mass is 10.1. The molecule has 0 aliphatic carbocycles. The Kier molecular flexibility index (Phi) is 8.26. The third kappa shape index (κ3) is 5.45. The molecule has 2 aromatic carbocycles. The van der Waals surface area contributed by atoms with Gasteiger partial charge in [-0.05, 0) is 30.2 Å². The number of rotatable bonds is 8. The van der Waals surface area contributed by atoms with Gasteiger partial charge in [0, 0.05) is 37.8 Å². The van der Waals surface area contributed by atoms with Crippen LogP contribution in [0.15, 0.2) is 41.4 Å². The Morgan fingerprint density at radius 3 is 2.25 bits per heavy atom. The lowest BCUT2D eigenvalue weighted by Gasteiger charge is -2.22. The molecule has 0 unspecified atom stereocenters. The summed E-state index contributed by atoms with van der Waals surface area (Å²) < 4.78 is 16.3. The number of benzene rings is 2. The second kappa shape index (κ2) is 10.7. The Hall–Kier alpha value is -2.60. The molecule has 0 saturated carbocycles. The van der Waals surface area contributed by atoms with Crippen molar-refractivity contribution in [1.29, 1.82) is 0 Å². The molecule has 0 radical (unpaired) electrons. The number of ether oxygens (including phenoxy) is 3. The maximum atomic E-state index is 5.95. The van der Waals surface area contributed by atoms with E-state index in [1.54, 1.807) is 28.4 Å². The number of nitrogens with zero attached hydrogens (tertiary/aromatic N) is 2. The summed E-state index contributed by atoms with van der Waals surface area (Å²) in [6.45, 7) is 1.43. The van der Waals surface area contributed by atoms with Crippen molar-refractivity contribution in [3.8, 4) is 17.2 Å². The van der Waals surface area contributed by atoms with Gasteiger partial charge in [0.05, 0.1) is 21.3 Å². The molecule has 0 spiro atoms. The number of hydrogen-bond acceptors (Lipinski definition) is 4. The predicted octanol–water partition coefficient (Wildman–Crippen LogP) is 3.62. The van der Waals surface area contributed by atoms with Crippen LogP contribution in [0.5, 0.6) is 17.2 Å². The maximum Gasteiger partial charge on any atom is 0.203 e. The fraction of sp³-hybridized carbons (Fsp3) is 0.381. The highest BCUT2D eigenvalue weighted by molar-refractivity contribution is 6.30. The number of hydrogen-bond donors (Lipinski definition) is 1. The van der Waals surface area contributed by atoms with E-state index in [0.29, 0.717) is 23.8 Å². The fourth-order valence-corrected chi connectivity index (χ4v) is 3.12. The van der Waals surface area contributed by atoms with Crippen LogP contribution in [-0.4, -0.2) is 52.8 Å². The van der Waals surface area contributed by atoms with E-state index in [1.165, 1.54) is 0 Å². The van der Waals surface area contributed by atoms with E-state index in [9.17, 15) is 0 Å². The molecule has 1 N–H and O–H groups in total. The largest absolute Gasteiger partial charge is 0.493 e. The van der Waals surface area contributed by atoms with Gasteiger partial charge in [-0.25, -0.2) is 0 Å². The monoisotopic (exact) mass is 405 g/mol. The van der Waals surface area contributed by atoms with Gasteiger partial charge >= 0.3 is 0 Å². The van der Waals surface area contributed by atoms with Gasteiger partial charge in [-0.3, -0.25) is 4.99 Å². The van der Waals surface area contributed by atoms with Gasteiger partial charge in [0.2, 0.25) is 5.75 Å². The second-order valence-electron chi connectivity index (χ2n) is 6.20. The van der Waals surface area contributed by atoms with Crippen molar-refractivity contribution in [3.63, 3.8) is 0 Å². The van der Waals surface area contributed by atoms with Gasteiger partial charge in [0.25, 0.3) is 0 Å². The fourth-order valence-electron chi connectivity index (χ4n) is 2.99. The lowest BCUT2D eigenvalue weighted by molar-refractivity contribution is 0.322. The molecule has 0 fully saturated rings. The summed E-state index contributed by atoms with van der Waals surface area (Å²) in [5, 5.41) is 4.12. The highest BCUT2D eigenvalue weighted by atomic mass is 35.5. The molecule has 2 aromatic rings. The van der Waals surface area contributed by atoms with Gasteiger partial charge in [-0.15, -0.1) is 0 Å². The molecule has 0 aliphatic heterocycles. The number of guanidine groups is 1. The maximum absolute atomic E-state index is 5.95. The summed E-state index contributed by atoms with van der Waals surface area (Å²) >= 11 is 5.95. The Morgan fingerprint density at radius 2 is 1.68 bits per heavy atom. The van der Waals surface area contributed by atoms with Crippen molar-refractivity contribution >= 4 is 17.6 Å². The third-order valence-electron chi connectivity index (χ3n) is 4.37.